The SMILES string of the molecule is COc1ccc(/C=N/OC(C)=O)c(OC)c1. The maximum absolute atomic E-state index is 10.5. The smallest absolute Gasteiger partial charge is 0.331 e. The molecule has 0 bridgehead atoms. The fourth-order valence-corrected chi connectivity index (χ4v) is 1.08. The Morgan fingerprint density at radius 1 is 1.31 bits per heavy atom. The van der Waals surface area contributed by atoms with Crippen molar-refractivity contribution in [2.45, 2.75) is 6.92 Å². The van der Waals surface area contributed by atoms with Crippen molar-refractivity contribution in [2.24, 2.45) is 5.16 Å². The van der Waals surface area contributed by atoms with E-state index in [1.807, 2.05) is 0 Å². The predicted octanol–water partition coefficient (Wildman–Crippen LogP) is 1.60. The third kappa shape index (κ3) is 3.27. The topological polar surface area (TPSA) is 57.1 Å². The van der Waals surface area contributed by atoms with Gasteiger partial charge in [-0.2, -0.15) is 0 Å². The summed E-state index contributed by atoms with van der Waals surface area (Å²) in [5.41, 5.74) is 0.699. The molecule has 1 rings (SSSR count). The van der Waals surface area contributed by atoms with Gasteiger partial charge in [0.25, 0.3) is 0 Å². The second-order valence-corrected chi connectivity index (χ2v) is 2.93. The van der Waals surface area contributed by atoms with Crippen LogP contribution in [0.2, 0.25) is 0 Å². The third-order valence-electron chi connectivity index (χ3n) is 1.81. The van der Waals surface area contributed by atoms with Crippen LogP contribution in [0.3, 0.4) is 0 Å². The van der Waals surface area contributed by atoms with Gasteiger partial charge < -0.3 is 14.3 Å². The molecule has 0 aliphatic carbocycles. The molecular formula is C11H13NO4. The van der Waals surface area contributed by atoms with Crippen molar-refractivity contribution in [3.8, 4) is 11.5 Å². The maximum atomic E-state index is 10.5. The average Bonchev–Trinajstić information content (AvgIpc) is 2.29. The molecule has 0 atom stereocenters. The number of ether oxygens (including phenoxy) is 2. The van der Waals surface area contributed by atoms with Crippen LogP contribution in [-0.2, 0) is 9.63 Å². The van der Waals surface area contributed by atoms with Crippen molar-refractivity contribution < 1.29 is 19.1 Å². The first-order valence-corrected chi connectivity index (χ1v) is 4.60. The van der Waals surface area contributed by atoms with Gasteiger partial charge in [0.2, 0.25) is 0 Å². The van der Waals surface area contributed by atoms with Crippen LogP contribution in [0.1, 0.15) is 12.5 Å². The van der Waals surface area contributed by atoms with Crippen LogP contribution in [0.5, 0.6) is 11.5 Å². The number of hydrogen-bond donors (Lipinski definition) is 0. The summed E-state index contributed by atoms with van der Waals surface area (Å²) < 4.78 is 10.2. The normalized spacial score (nSPS) is 10.2. The highest BCUT2D eigenvalue weighted by molar-refractivity contribution is 5.84. The van der Waals surface area contributed by atoms with Gasteiger partial charge in [-0.1, -0.05) is 5.16 Å². The molecule has 0 fully saturated rings. The lowest BCUT2D eigenvalue weighted by Gasteiger charge is -2.06. The Morgan fingerprint density at radius 3 is 2.62 bits per heavy atom. The first kappa shape index (κ1) is 12.0. The Morgan fingerprint density at radius 2 is 2.06 bits per heavy atom. The average molecular weight is 223 g/mol. The summed E-state index contributed by atoms with van der Waals surface area (Å²) >= 11 is 0. The van der Waals surface area contributed by atoms with Gasteiger partial charge in [0.1, 0.15) is 11.5 Å². The number of carbonyl (C=O) groups is 1. The van der Waals surface area contributed by atoms with Gasteiger partial charge in [-0.25, -0.2) is 4.79 Å². The van der Waals surface area contributed by atoms with Crippen LogP contribution in [0, 0.1) is 0 Å². The molecule has 0 amide bonds. The molecule has 0 spiro atoms. The van der Waals surface area contributed by atoms with E-state index >= 15 is 0 Å². The monoisotopic (exact) mass is 223 g/mol. The zero-order valence-electron chi connectivity index (χ0n) is 9.39. The molecule has 0 aliphatic heterocycles. The first-order valence-electron chi connectivity index (χ1n) is 4.60. The van der Waals surface area contributed by atoms with Crippen LogP contribution in [0.4, 0.5) is 0 Å². The minimum atomic E-state index is -0.469. The predicted molar refractivity (Wildman–Crippen MR) is 58.9 cm³/mol. The van der Waals surface area contributed by atoms with Crippen molar-refractivity contribution in [1.82, 2.24) is 0 Å². The second-order valence-electron chi connectivity index (χ2n) is 2.93. The van der Waals surface area contributed by atoms with E-state index in [9.17, 15) is 4.79 Å². The van der Waals surface area contributed by atoms with E-state index in [0.29, 0.717) is 17.1 Å². The second kappa shape index (κ2) is 5.75. The molecule has 0 N–H and O–H groups in total. The van der Waals surface area contributed by atoms with Crippen LogP contribution in [0.25, 0.3) is 0 Å². The largest absolute Gasteiger partial charge is 0.497 e. The van der Waals surface area contributed by atoms with Crippen LogP contribution in [0.15, 0.2) is 23.4 Å². The minimum absolute atomic E-state index is 0.469. The number of hydrogen-bond acceptors (Lipinski definition) is 5. The Hall–Kier alpha value is -2.04. The molecule has 16 heavy (non-hydrogen) atoms. The van der Waals surface area contributed by atoms with Crippen LogP contribution in [-0.4, -0.2) is 26.4 Å². The first-order chi connectivity index (χ1) is 7.67. The van der Waals surface area contributed by atoms with E-state index in [0.717, 1.165) is 0 Å². The molecule has 86 valence electrons. The lowest BCUT2D eigenvalue weighted by molar-refractivity contribution is -0.140. The van der Waals surface area contributed by atoms with Crippen molar-refractivity contribution >= 4 is 12.2 Å². The molecular weight excluding hydrogens is 210 g/mol. The summed E-state index contributed by atoms with van der Waals surface area (Å²) in [6, 6.07) is 5.23. The van der Waals surface area contributed by atoms with E-state index in [1.54, 1.807) is 25.3 Å². The number of methoxy groups -OCH3 is 2. The molecule has 1 aromatic carbocycles. The van der Waals surface area contributed by atoms with E-state index in [2.05, 4.69) is 9.99 Å². The highest BCUT2D eigenvalue weighted by atomic mass is 16.7. The summed E-state index contributed by atoms with van der Waals surface area (Å²) in [5, 5.41) is 3.51. The number of rotatable bonds is 4. The zero-order valence-corrected chi connectivity index (χ0v) is 9.39. The molecule has 5 heteroatoms. The van der Waals surface area contributed by atoms with E-state index in [1.165, 1.54) is 20.2 Å². The third-order valence-corrected chi connectivity index (χ3v) is 1.81. The Bertz CT molecular complexity index is 401. The molecule has 5 nitrogen and oxygen atoms in total. The molecule has 0 unspecified atom stereocenters. The molecule has 1 aromatic rings. The summed E-state index contributed by atoms with van der Waals surface area (Å²) in [4.78, 5) is 14.9. The van der Waals surface area contributed by atoms with Crippen molar-refractivity contribution in [1.29, 1.82) is 0 Å². The Balaban J connectivity index is 2.87. The van der Waals surface area contributed by atoms with Crippen LogP contribution >= 0.6 is 0 Å². The fourth-order valence-electron chi connectivity index (χ4n) is 1.08. The standard InChI is InChI=1S/C11H13NO4/c1-8(13)16-12-7-9-4-5-10(14-2)6-11(9)15-3/h4-7H,1-3H3/b12-7+. The number of nitrogens with zero attached hydrogens (tertiary/aromatic N) is 1. The van der Waals surface area contributed by atoms with Gasteiger partial charge in [-0.3, -0.25) is 0 Å². The van der Waals surface area contributed by atoms with Crippen molar-refractivity contribution in [3.63, 3.8) is 0 Å². The minimum Gasteiger partial charge on any atom is -0.497 e. The number of carbonyl (C=O) groups excluding carboxylic acids is 1. The molecule has 0 saturated heterocycles. The highest BCUT2D eigenvalue weighted by Gasteiger charge is 2.02. The van der Waals surface area contributed by atoms with E-state index < -0.39 is 5.97 Å². The van der Waals surface area contributed by atoms with Gasteiger partial charge in [-0.05, 0) is 12.1 Å². The Kier molecular flexibility index (Phi) is 4.32. The fraction of sp³-hybridized carbons (Fsp3) is 0.273. The molecule has 0 radical (unpaired) electrons. The summed E-state index contributed by atoms with van der Waals surface area (Å²) in [7, 11) is 3.11. The number of oxime groups is 1. The lowest BCUT2D eigenvalue weighted by Crippen LogP contribution is -1.95. The van der Waals surface area contributed by atoms with Gasteiger partial charge in [-0.15, -0.1) is 0 Å². The van der Waals surface area contributed by atoms with E-state index in [-0.39, 0.29) is 0 Å². The van der Waals surface area contributed by atoms with Crippen molar-refractivity contribution in [2.75, 3.05) is 14.2 Å². The summed E-state index contributed by atoms with van der Waals surface area (Å²) in [5.74, 6) is 0.806. The Labute approximate surface area is 93.6 Å². The summed E-state index contributed by atoms with van der Waals surface area (Å²) in [6.07, 6.45) is 1.40. The van der Waals surface area contributed by atoms with E-state index in [4.69, 9.17) is 9.47 Å². The molecule has 0 aliphatic rings. The lowest BCUT2D eigenvalue weighted by atomic mass is 10.2. The quantitative estimate of drug-likeness (QED) is 0.442. The molecule has 0 aromatic heterocycles. The maximum Gasteiger partial charge on any atom is 0.331 e. The molecule has 0 heterocycles. The van der Waals surface area contributed by atoms with Gasteiger partial charge in [0.15, 0.2) is 0 Å². The van der Waals surface area contributed by atoms with Crippen LogP contribution < -0.4 is 9.47 Å². The van der Waals surface area contributed by atoms with Crippen molar-refractivity contribution in [3.05, 3.63) is 23.8 Å². The van der Waals surface area contributed by atoms with Gasteiger partial charge >= 0.3 is 5.97 Å². The zero-order chi connectivity index (χ0) is 12.0. The number of benzene rings is 1. The summed E-state index contributed by atoms with van der Waals surface area (Å²) in [6.45, 7) is 1.28. The van der Waals surface area contributed by atoms with Gasteiger partial charge in [0, 0.05) is 18.6 Å². The highest BCUT2D eigenvalue weighted by Crippen LogP contribution is 2.22. The van der Waals surface area contributed by atoms with Gasteiger partial charge in [0.05, 0.1) is 20.4 Å². The molecule has 0 saturated carbocycles.